The van der Waals surface area contributed by atoms with Gasteiger partial charge in [0.1, 0.15) is 24.4 Å². The molecule has 0 unspecified atom stereocenters. The zero-order valence-electron chi connectivity index (χ0n) is 10.9. The van der Waals surface area contributed by atoms with E-state index in [-0.39, 0.29) is 0 Å². The molecule has 7 nitrogen and oxygen atoms in total. The van der Waals surface area contributed by atoms with Gasteiger partial charge in [0.05, 0.1) is 13.7 Å². The number of aliphatic hydroxyl groups is 4. The molecule has 1 aliphatic rings. The summed E-state index contributed by atoms with van der Waals surface area (Å²) in [5.74, 6) is 0.754. The molecular formula is C13H18O7. The molecule has 1 aliphatic heterocycles. The maximum Gasteiger partial charge on any atom is 0.229 e. The van der Waals surface area contributed by atoms with Gasteiger partial charge in [0.15, 0.2) is 11.5 Å². The summed E-state index contributed by atoms with van der Waals surface area (Å²) in [5.41, 5.74) is 0. The van der Waals surface area contributed by atoms with Gasteiger partial charge in [0.2, 0.25) is 6.29 Å². The summed E-state index contributed by atoms with van der Waals surface area (Å²) in [7, 11) is 1.47. The predicted molar refractivity (Wildman–Crippen MR) is 67.4 cm³/mol. The zero-order chi connectivity index (χ0) is 14.7. The first-order chi connectivity index (χ1) is 9.58. The minimum absolute atomic E-state index is 0.319. The highest BCUT2D eigenvalue weighted by Crippen LogP contribution is 2.30. The van der Waals surface area contributed by atoms with Crippen LogP contribution in [-0.4, -0.2) is 64.8 Å². The van der Waals surface area contributed by atoms with Crippen molar-refractivity contribution in [3.8, 4) is 11.5 Å². The first-order valence-electron chi connectivity index (χ1n) is 6.18. The summed E-state index contributed by atoms with van der Waals surface area (Å²) < 4.78 is 15.8. The highest BCUT2D eigenvalue weighted by Gasteiger charge is 2.44. The normalized spacial score (nSPS) is 33.8. The van der Waals surface area contributed by atoms with Crippen molar-refractivity contribution in [3.05, 3.63) is 24.3 Å². The molecule has 1 heterocycles. The van der Waals surface area contributed by atoms with Gasteiger partial charge in [-0.15, -0.1) is 0 Å². The Morgan fingerprint density at radius 2 is 1.70 bits per heavy atom. The fourth-order valence-corrected chi connectivity index (χ4v) is 2.01. The van der Waals surface area contributed by atoms with E-state index in [0.29, 0.717) is 11.5 Å². The molecule has 1 aromatic rings. The minimum Gasteiger partial charge on any atom is -0.493 e. The smallest absolute Gasteiger partial charge is 0.229 e. The van der Waals surface area contributed by atoms with Gasteiger partial charge in [-0.05, 0) is 12.1 Å². The molecule has 112 valence electrons. The van der Waals surface area contributed by atoms with Crippen LogP contribution in [0.5, 0.6) is 11.5 Å². The second-order valence-corrected chi connectivity index (χ2v) is 4.47. The maximum atomic E-state index is 9.86. The lowest BCUT2D eigenvalue weighted by Crippen LogP contribution is -2.60. The number of aliphatic hydroxyl groups excluding tert-OH is 4. The molecule has 7 heteroatoms. The molecule has 20 heavy (non-hydrogen) atoms. The van der Waals surface area contributed by atoms with Crippen LogP contribution in [0.25, 0.3) is 0 Å². The molecule has 4 N–H and O–H groups in total. The Bertz CT molecular complexity index is 436. The molecule has 5 atom stereocenters. The van der Waals surface area contributed by atoms with Gasteiger partial charge in [0, 0.05) is 0 Å². The topological polar surface area (TPSA) is 109 Å². The number of ether oxygens (including phenoxy) is 3. The lowest BCUT2D eigenvalue weighted by Gasteiger charge is -2.39. The van der Waals surface area contributed by atoms with Crippen molar-refractivity contribution >= 4 is 0 Å². The van der Waals surface area contributed by atoms with Gasteiger partial charge in [-0.1, -0.05) is 12.1 Å². The number of rotatable bonds is 4. The van der Waals surface area contributed by atoms with E-state index in [1.165, 1.54) is 7.11 Å². The van der Waals surface area contributed by atoms with Gasteiger partial charge >= 0.3 is 0 Å². The van der Waals surface area contributed by atoms with E-state index in [1.54, 1.807) is 24.3 Å². The summed E-state index contributed by atoms with van der Waals surface area (Å²) in [5, 5.41) is 38.3. The van der Waals surface area contributed by atoms with Gasteiger partial charge < -0.3 is 34.6 Å². The quantitative estimate of drug-likeness (QED) is 0.555. The molecule has 2 rings (SSSR count). The van der Waals surface area contributed by atoms with Crippen LogP contribution in [-0.2, 0) is 4.74 Å². The Morgan fingerprint density at radius 3 is 2.30 bits per heavy atom. The van der Waals surface area contributed by atoms with E-state index in [2.05, 4.69) is 0 Å². The molecule has 0 spiro atoms. The number of hydrogen-bond donors (Lipinski definition) is 4. The molecule has 0 aromatic heterocycles. The Balaban J connectivity index is 2.15. The van der Waals surface area contributed by atoms with E-state index in [9.17, 15) is 15.3 Å². The summed E-state index contributed by atoms with van der Waals surface area (Å²) in [6.45, 7) is -0.503. The summed E-state index contributed by atoms with van der Waals surface area (Å²) in [6, 6.07) is 6.74. The molecule has 0 saturated carbocycles. The zero-order valence-corrected chi connectivity index (χ0v) is 10.9. The fourth-order valence-electron chi connectivity index (χ4n) is 2.01. The summed E-state index contributed by atoms with van der Waals surface area (Å²) >= 11 is 0. The Kier molecular flexibility index (Phi) is 4.79. The first-order valence-corrected chi connectivity index (χ1v) is 6.18. The summed E-state index contributed by atoms with van der Waals surface area (Å²) in [6.07, 6.45) is -6.55. The Morgan fingerprint density at radius 1 is 1.05 bits per heavy atom. The van der Waals surface area contributed by atoms with Crippen molar-refractivity contribution in [2.45, 2.75) is 30.7 Å². The largest absolute Gasteiger partial charge is 0.493 e. The molecule has 0 amide bonds. The van der Waals surface area contributed by atoms with Crippen LogP contribution >= 0.6 is 0 Å². The summed E-state index contributed by atoms with van der Waals surface area (Å²) in [4.78, 5) is 0. The van der Waals surface area contributed by atoms with Crippen LogP contribution < -0.4 is 9.47 Å². The first kappa shape index (κ1) is 15.0. The third kappa shape index (κ3) is 2.87. The van der Waals surface area contributed by atoms with E-state index >= 15 is 0 Å². The minimum atomic E-state index is -1.47. The third-order valence-corrected chi connectivity index (χ3v) is 3.16. The second kappa shape index (κ2) is 6.38. The molecule has 0 radical (unpaired) electrons. The van der Waals surface area contributed by atoms with Gasteiger partial charge in [0.25, 0.3) is 0 Å². The van der Waals surface area contributed by atoms with Crippen molar-refractivity contribution in [3.63, 3.8) is 0 Å². The average molecular weight is 286 g/mol. The molecular weight excluding hydrogens is 268 g/mol. The standard InChI is InChI=1S/C13H18O7/c1-18-7-4-2-3-5-8(7)19-13-12(17)11(16)10(15)9(6-14)20-13/h2-5,9-17H,6H2,1H3/t9-,10-,11+,12-,13-/m1/s1. The van der Waals surface area contributed by atoms with Crippen molar-refractivity contribution in [1.29, 1.82) is 0 Å². The van der Waals surface area contributed by atoms with Crippen molar-refractivity contribution in [2.75, 3.05) is 13.7 Å². The number of para-hydroxylation sites is 2. The maximum absolute atomic E-state index is 9.86. The molecule has 1 fully saturated rings. The van der Waals surface area contributed by atoms with E-state index in [1.807, 2.05) is 0 Å². The van der Waals surface area contributed by atoms with Crippen LogP contribution in [0, 0.1) is 0 Å². The molecule has 1 saturated heterocycles. The van der Waals surface area contributed by atoms with E-state index < -0.39 is 37.3 Å². The van der Waals surface area contributed by atoms with E-state index in [4.69, 9.17) is 19.3 Å². The Hall–Kier alpha value is -1.38. The fraction of sp³-hybridized carbons (Fsp3) is 0.538. The van der Waals surface area contributed by atoms with Crippen LogP contribution in [0.2, 0.25) is 0 Å². The molecule has 1 aromatic carbocycles. The van der Waals surface area contributed by atoms with Gasteiger partial charge in [-0.2, -0.15) is 0 Å². The van der Waals surface area contributed by atoms with Crippen molar-refractivity contribution in [1.82, 2.24) is 0 Å². The lowest BCUT2D eigenvalue weighted by atomic mass is 9.99. The van der Waals surface area contributed by atoms with Crippen molar-refractivity contribution < 1.29 is 34.6 Å². The molecule has 0 aliphatic carbocycles. The van der Waals surface area contributed by atoms with Gasteiger partial charge in [-0.25, -0.2) is 0 Å². The highest BCUT2D eigenvalue weighted by molar-refractivity contribution is 5.39. The average Bonchev–Trinajstić information content (AvgIpc) is 2.48. The number of hydrogen-bond acceptors (Lipinski definition) is 7. The van der Waals surface area contributed by atoms with Gasteiger partial charge in [-0.3, -0.25) is 0 Å². The number of methoxy groups -OCH3 is 1. The highest BCUT2D eigenvalue weighted by atomic mass is 16.7. The van der Waals surface area contributed by atoms with Crippen LogP contribution in [0.4, 0.5) is 0 Å². The van der Waals surface area contributed by atoms with Crippen molar-refractivity contribution in [2.24, 2.45) is 0 Å². The van der Waals surface area contributed by atoms with Crippen LogP contribution in [0.15, 0.2) is 24.3 Å². The Labute approximate surface area is 115 Å². The molecule has 0 bridgehead atoms. The lowest BCUT2D eigenvalue weighted by molar-refractivity contribution is -0.277. The third-order valence-electron chi connectivity index (χ3n) is 3.16. The van der Waals surface area contributed by atoms with Crippen LogP contribution in [0.3, 0.4) is 0 Å². The van der Waals surface area contributed by atoms with E-state index in [0.717, 1.165) is 0 Å². The van der Waals surface area contributed by atoms with Crippen LogP contribution in [0.1, 0.15) is 0 Å². The monoisotopic (exact) mass is 286 g/mol. The predicted octanol–water partition coefficient (Wildman–Crippen LogP) is -1.13. The SMILES string of the molecule is COc1ccccc1O[C@@H]1O[C@H](CO)[C@@H](O)[C@H](O)[C@H]1O. The number of benzene rings is 1. The second-order valence-electron chi connectivity index (χ2n) is 4.47.